The maximum atomic E-state index is 13.1. The lowest BCUT2D eigenvalue weighted by Gasteiger charge is -2.34. The van der Waals surface area contributed by atoms with Crippen molar-refractivity contribution >= 4 is 11.8 Å². The van der Waals surface area contributed by atoms with Gasteiger partial charge in [-0.15, -0.1) is 5.10 Å². The van der Waals surface area contributed by atoms with Crippen LogP contribution in [0.1, 0.15) is 37.8 Å². The van der Waals surface area contributed by atoms with E-state index in [1.54, 1.807) is 0 Å². The summed E-state index contributed by atoms with van der Waals surface area (Å²) in [4.78, 5) is 29.3. The van der Waals surface area contributed by atoms with E-state index < -0.39 is 0 Å². The molecule has 4 heterocycles. The molecule has 3 fully saturated rings. The standard InChI is InChI=1S/C20H28N4O4/c1-14-4-5-18(22-21-14)28-17-3-2-8-23(13-17)20(26)15-11-19(25)24(12-15)16-6-9-27-10-7-16/h4-5,15-17H,2-3,6-13H2,1H3/t15-,17-/m1/s1. The molecule has 0 bridgehead atoms. The highest BCUT2D eigenvalue weighted by Crippen LogP contribution is 2.27. The monoisotopic (exact) mass is 388 g/mol. The van der Waals surface area contributed by atoms with E-state index in [0.29, 0.717) is 38.6 Å². The second-order valence-corrected chi connectivity index (χ2v) is 7.97. The molecule has 28 heavy (non-hydrogen) atoms. The third-order valence-electron chi connectivity index (χ3n) is 5.89. The number of ether oxygens (including phenoxy) is 2. The molecule has 4 rings (SSSR count). The number of amides is 2. The van der Waals surface area contributed by atoms with E-state index in [1.165, 1.54) is 0 Å². The van der Waals surface area contributed by atoms with Gasteiger partial charge in [0.05, 0.1) is 18.2 Å². The van der Waals surface area contributed by atoms with Crippen LogP contribution in [0.25, 0.3) is 0 Å². The van der Waals surface area contributed by atoms with Crippen LogP contribution in [0.4, 0.5) is 0 Å². The maximum Gasteiger partial charge on any atom is 0.233 e. The normalized spacial score (nSPS) is 26.5. The lowest BCUT2D eigenvalue weighted by atomic mass is 10.0. The first-order valence-electron chi connectivity index (χ1n) is 10.2. The molecule has 1 aromatic rings. The summed E-state index contributed by atoms with van der Waals surface area (Å²) in [6, 6.07) is 3.89. The number of hydrogen-bond donors (Lipinski definition) is 0. The van der Waals surface area contributed by atoms with Crippen LogP contribution in [-0.4, -0.2) is 76.8 Å². The van der Waals surface area contributed by atoms with Gasteiger partial charge in [0.25, 0.3) is 0 Å². The number of likely N-dealkylation sites (tertiary alicyclic amines) is 2. The average Bonchev–Trinajstić information content (AvgIpc) is 3.12. The van der Waals surface area contributed by atoms with Crippen LogP contribution in [0.15, 0.2) is 12.1 Å². The Hall–Kier alpha value is -2.22. The quantitative estimate of drug-likeness (QED) is 0.770. The van der Waals surface area contributed by atoms with Gasteiger partial charge in [0.15, 0.2) is 0 Å². The van der Waals surface area contributed by atoms with E-state index in [1.807, 2.05) is 28.9 Å². The second-order valence-electron chi connectivity index (χ2n) is 7.97. The van der Waals surface area contributed by atoms with Crippen LogP contribution in [0.5, 0.6) is 5.88 Å². The fourth-order valence-corrected chi connectivity index (χ4v) is 4.36. The summed E-state index contributed by atoms with van der Waals surface area (Å²) in [5, 5.41) is 8.07. The molecule has 3 aliphatic rings. The summed E-state index contributed by atoms with van der Waals surface area (Å²) in [6.45, 7) is 5.06. The van der Waals surface area contributed by atoms with Gasteiger partial charge in [-0.3, -0.25) is 9.59 Å². The van der Waals surface area contributed by atoms with Crippen molar-refractivity contribution in [2.24, 2.45) is 5.92 Å². The van der Waals surface area contributed by atoms with Gasteiger partial charge in [0.2, 0.25) is 17.7 Å². The first-order chi connectivity index (χ1) is 13.6. The molecule has 0 saturated carbocycles. The molecule has 8 heteroatoms. The van der Waals surface area contributed by atoms with Crippen molar-refractivity contribution in [3.05, 3.63) is 17.8 Å². The van der Waals surface area contributed by atoms with Crippen LogP contribution in [-0.2, 0) is 14.3 Å². The minimum Gasteiger partial charge on any atom is -0.471 e. The summed E-state index contributed by atoms with van der Waals surface area (Å²) in [5.41, 5.74) is 0.841. The molecule has 1 aromatic heterocycles. The number of aromatic nitrogens is 2. The van der Waals surface area contributed by atoms with Gasteiger partial charge < -0.3 is 19.3 Å². The molecule has 0 radical (unpaired) electrons. The SMILES string of the molecule is Cc1ccc(O[C@@H]2CCCN(C(=O)[C@@H]3CC(=O)N(C4CCOCC4)C3)C2)nn1. The molecular weight excluding hydrogens is 360 g/mol. The fourth-order valence-electron chi connectivity index (χ4n) is 4.36. The third-order valence-corrected chi connectivity index (χ3v) is 5.89. The third kappa shape index (κ3) is 4.27. The summed E-state index contributed by atoms with van der Waals surface area (Å²) < 4.78 is 11.3. The van der Waals surface area contributed by atoms with Crippen LogP contribution < -0.4 is 4.74 Å². The number of carbonyl (C=O) groups excluding carboxylic acids is 2. The van der Waals surface area contributed by atoms with E-state index in [4.69, 9.17) is 9.47 Å². The summed E-state index contributed by atoms with van der Waals surface area (Å²) in [5.74, 6) is 0.427. The predicted molar refractivity (Wildman–Crippen MR) is 101 cm³/mol. The molecular formula is C20H28N4O4. The first kappa shape index (κ1) is 19.1. The average molecular weight is 388 g/mol. The minimum atomic E-state index is -0.242. The zero-order valence-electron chi connectivity index (χ0n) is 16.4. The Balaban J connectivity index is 1.33. The second kappa shape index (κ2) is 8.43. The van der Waals surface area contributed by atoms with Crippen molar-refractivity contribution in [2.45, 2.75) is 51.2 Å². The van der Waals surface area contributed by atoms with Crippen molar-refractivity contribution in [3.63, 3.8) is 0 Å². The lowest BCUT2D eigenvalue weighted by molar-refractivity contribution is -0.138. The van der Waals surface area contributed by atoms with Crippen molar-refractivity contribution < 1.29 is 19.1 Å². The van der Waals surface area contributed by atoms with E-state index in [2.05, 4.69) is 10.2 Å². The molecule has 152 valence electrons. The molecule has 0 unspecified atom stereocenters. The molecule has 8 nitrogen and oxygen atoms in total. The Kier molecular flexibility index (Phi) is 5.75. The van der Waals surface area contributed by atoms with Gasteiger partial charge in [-0.25, -0.2) is 0 Å². The Labute approximate surface area is 165 Å². The van der Waals surface area contributed by atoms with Gasteiger partial charge in [0.1, 0.15) is 6.10 Å². The number of nitrogens with zero attached hydrogens (tertiary/aromatic N) is 4. The van der Waals surface area contributed by atoms with Gasteiger partial charge in [-0.2, -0.15) is 5.10 Å². The van der Waals surface area contributed by atoms with Crippen LogP contribution in [0.2, 0.25) is 0 Å². The molecule has 3 saturated heterocycles. The fraction of sp³-hybridized carbons (Fsp3) is 0.700. The Morgan fingerprint density at radius 3 is 2.75 bits per heavy atom. The molecule has 0 aromatic carbocycles. The van der Waals surface area contributed by atoms with E-state index in [-0.39, 0.29) is 29.9 Å². The molecule has 2 amide bonds. The van der Waals surface area contributed by atoms with Crippen molar-refractivity contribution in [1.29, 1.82) is 0 Å². The van der Waals surface area contributed by atoms with Crippen molar-refractivity contribution in [3.8, 4) is 5.88 Å². The zero-order valence-corrected chi connectivity index (χ0v) is 16.4. The predicted octanol–water partition coefficient (Wildman–Crippen LogP) is 1.18. The van der Waals surface area contributed by atoms with Crippen LogP contribution >= 0.6 is 0 Å². The Morgan fingerprint density at radius 1 is 1.18 bits per heavy atom. The van der Waals surface area contributed by atoms with Crippen LogP contribution in [0, 0.1) is 12.8 Å². The highest BCUT2D eigenvalue weighted by molar-refractivity contribution is 5.89. The largest absolute Gasteiger partial charge is 0.471 e. The summed E-state index contributed by atoms with van der Waals surface area (Å²) >= 11 is 0. The van der Waals surface area contributed by atoms with Gasteiger partial charge in [-0.1, -0.05) is 0 Å². The molecule has 0 spiro atoms. The number of piperidine rings is 1. The molecule has 0 aliphatic carbocycles. The lowest BCUT2D eigenvalue weighted by Crippen LogP contribution is -2.47. The summed E-state index contributed by atoms with van der Waals surface area (Å²) in [6.07, 6.45) is 3.74. The van der Waals surface area contributed by atoms with Gasteiger partial charge in [0, 0.05) is 44.8 Å². The molecule has 2 atom stereocenters. The molecule has 0 N–H and O–H groups in total. The maximum absolute atomic E-state index is 13.1. The highest BCUT2D eigenvalue weighted by Gasteiger charge is 2.40. The topological polar surface area (TPSA) is 84.9 Å². The van der Waals surface area contributed by atoms with Crippen molar-refractivity contribution in [2.75, 3.05) is 32.8 Å². The number of hydrogen-bond acceptors (Lipinski definition) is 6. The van der Waals surface area contributed by atoms with E-state index in [9.17, 15) is 9.59 Å². The smallest absolute Gasteiger partial charge is 0.233 e. The number of aryl methyl sites for hydroxylation is 1. The van der Waals surface area contributed by atoms with E-state index in [0.717, 1.165) is 37.9 Å². The molecule has 3 aliphatic heterocycles. The Bertz CT molecular complexity index is 705. The van der Waals surface area contributed by atoms with Crippen LogP contribution in [0.3, 0.4) is 0 Å². The summed E-state index contributed by atoms with van der Waals surface area (Å²) in [7, 11) is 0. The highest BCUT2D eigenvalue weighted by atomic mass is 16.5. The van der Waals surface area contributed by atoms with Crippen molar-refractivity contribution in [1.82, 2.24) is 20.0 Å². The zero-order chi connectivity index (χ0) is 19.5. The Morgan fingerprint density at radius 2 is 2.00 bits per heavy atom. The first-order valence-corrected chi connectivity index (χ1v) is 10.2. The van der Waals surface area contributed by atoms with Gasteiger partial charge in [-0.05, 0) is 38.7 Å². The minimum absolute atomic E-state index is 0.0752. The number of carbonyl (C=O) groups is 2. The van der Waals surface area contributed by atoms with Gasteiger partial charge >= 0.3 is 0 Å². The van der Waals surface area contributed by atoms with E-state index >= 15 is 0 Å². The number of rotatable bonds is 4.